The molecule has 4 nitrogen and oxygen atoms in total. The lowest BCUT2D eigenvalue weighted by molar-refractivity contribution is 0.0516. The minimum Gasteiger partial charge on any atom is -0.327 e. The Morgan fingerprint density at radius 2 is 2.09 bits per heavy atom. The molecule has 2 aliphatic rings. The fraction of sp³-hybridized carbons (Fsp3) is 0.632. The van der Waals surface area contributed by atoms with Gasteiger partial charge in [-0.2, -0.15) is 0 Å². The van der Waals surface area contributed by atoms with Crippen LogP contribution in [0.5, 0.6) is 0 Å². The van der Waals surface area contributed by atoms with Crippen LogP contribution in [0.2, 0.25) is 0 Å². The quantitative estimate of drug-likeness (QED) is 0.867. The topological polar surface area (TPSA) is 24.3 Å². The number of nitrogens with zero attached hydrogens (tertiary/aromatic N) is 4. The normalized spacial score (nSPS) is 26.0. The first kappa shape index (κ1) is 15.2. The fourth-order valence-electron chi connectivity index (χ4n) is 4.37. The molecule has 0 amide bonds. The molecule has 0 bridgehead atoms. The monoisotopic (exact) mass is 312 g/mol. The number of piperazine rings is 1. The molecule has 2 fully saturated rings. The average Bonchev–Trinajstić information content (AvgIpc) is 3.13. The summed E-state index contributed by atoms with van der Waals surface area (Å²) < 4.78 is 2.43. The minimum absolute atomic E-state index is 0.624. The highest BCUT2D eigenvalue weighted by Gasteiger charge is 2.34. The van der Waals surface area contributed by atoms with Crippen LogP contribution in [0, 0.1) is 0 Å². The molecule has 1 aromatic carbocycles. The molecule has 0 aliphatic carbocycles. The summed E-state index contributed by atoms with van der Waals surface area (Å²) >= 11 is 0. The summed E-state index contributed by atoms with van der Waals surface area (Å²) in [5.41, 5.74) is 2.43. The highest BCUT2D eigenvalue weighted by Crippen LogP contribution is 2.26. The maximum Gasteiger partial charge on any atom is 0.124 e. The van der Waals surface area contributed by atoms with Gasteiger partial charge >= 0.3 is 0 Å². The van der Waals surface area contributed by atoms with Crippen molar-refractivity contribution < 1.29 is 0 Å². The molecular formula is C19H28N4. The summed E-state index contributed by atoms with van der Waals surface area (Å²) in [5, 5.41) is 0. The standard InChI is InChI=1S/C19H28N4/c1-3-10-23-18-9-5-4-8-17(18)20-19(23)14-22-13-16-7-6-11-21(16)12-15(22)2/h4-5,8-9,15-16H,3,6-7,10-14H2,1-2H3/t15-,16+/m1/s1. The Bertz CT molecular complexity index is 677. The van der Waals surface area contributed by atoms with Crippen molar-refractivity contribution in [3.05, 3.63) is 30.1 Å². The van der Waals surface area contributed by atoms with Gasteiger partial charge in [0.25, 0.3) is 0 Å². The van der Waals surface area contributed by atoms with Gasteiger partial charge in [0.1, 0.15) is 5.82 Å². The molecule has 0 unspecified atom stereocenters. The lowest BCUT2D eigenvalue weighted by Crippen LogP contribution is -2.54. The smallest absolute Gasteiger partial charge is 0.124 e. The van der Waals surface area contributed by atoms with Gasteiger partial charge in [0, 0.05) is 31.7 Å². The molecule has 3 heterocycles. The van der Waals surface area contributed by atoms with Crippen LogP contribution in [0.3, 0.4) is 0 Å². The van der Waals surface area contributed by atoms with Crippen molar-refractivity contribution in [2.45, 2.75) is 58.3 Å². The number of hydrogen-bond donors (Lipinski definition) is 0. The molecule has 0 radical (unpaired) electrons. The first-order chi connectivity index (χ1) is 11.3. The van der Waals surface area contributed by atoms with E-state index in [4.69, 9.17) is 4.98 Å². The number of benzene rings is 1. The molecule has 4 rings (SSSR count). The van der Waals surface area contributed by atoms with Crippen molar-refractivity contribution in [2.75, 3.05) is 19.6 Å². The molecule has 0 saturated carbocycles. The van der Waals surface area contributed by atoms with E-state index < -0.39 is 0 Å². The maximum absolute atomic E-state index is 4.95. The third-order valence-corrected chi connectivity index (χ3v) is 5.59. The predicted molar refractivity (Wildman–Crippen MR) is 94.5 cm³/mol. The van der Waals surface area contributed by atoms with E-state index in [9.17, 15) is 0 Å². The summed E-state index contributed by atoms with van der Waals surface area (Å²) in [6.07, 6.45) is 3.90. The SMILES string of the molecule is CCCn1c(CN2C[C@@H]3CCCN3C[C@H]2C)nc2ccccc21. The number of imidazole rings is 1. The van der Waals surface area contributed by atoms with Crippen LogP contribution in [0.25, 0.3) is 11.0 Å². The molecule has 2 saturated heterocycles. The average molecular weight is 312 g/mol. The van der Waals surface area contributed by atoms with Crippen molar-refractivity contribution in [2.24, 2.45) is 0 Å². The summed E-state index contributed by atoms with van der Waals surface area (Å²) in [6.45, 7) is 10.4. The Hall–Kier alpha value is -1.39. The molecule has 0 N–H and O–H groups in total. The van der Waals surface area contributed by atoms with Gasteiger partial charge in [0.2, 0.25) is 0 Å². The van der Waals surface area contributed by atoms with E-state index in [1.54, 1.807) is 0 Å². The Labute approximate surface area is 139 Å². The van der Waals surface area contributed by atoms with Gasteiger partial charge in [-0.1, -0.05) is 19.1 Å². The summed E-state index contributed by atoms with van der Waals surface area (Å²) in [4.78, 5) is 10.3. The molecule has 2 aromatic rings. The zero-order valence-electron chi connectivity index (χ0n) is 14.4. The number of fused-ring (bicyclic) bond motifs is 2. The van der Waals surface area contributed by atoms with E-state index in [1.807, 2.05) is 0 Å². The van der Waals surface area contributed by atoms with E-state index in [0.717, 1.165) is 31.1 Å². The van der Waals surface area contributed by atoms with E-state index in [0.29, 0.717) is 6.04 Å². The first-order valence-corrected chi connectivity index (χ1v) is 9.18. The third-order valence-electron chi connectivity index (χ3n) is 5.59. The number of hydrogen-bond acceptors (Lipinski definition) is 3. The summed E-state index contributed by atoms with van der Waals surface area (Å²) in [6, 6.07) is 9.97. The van der Waals surface area contributed by atoms with Crippen molar-refractivity contribution in [3.8, 4) is 0 Å². The van der Waals surface area contributed by atoms with Gasteiger partial charge in [0.05, 0.1) is 17.6 Å². The van der Waals surface area contributed by atoms with Crippen LogP contribution in [-0.2, 0) is 13.1 Å². The second kappa shape index (κ2) is 6.25. The highest BCUT2D eigenvalue weighted by molar-refractivity contribution is 5.75. The van der Waals surface area contributed by atoms with Crippen LogP contribution in [0.15, 0.2) is 24.3 Å². The molecule has 23 heavy (non-hydrogen) atoms. The second-order valence-corrected chi connectivity index (χ2v) is 7.24. The number of aryl methyl sites for hydroxylation is 1. The van der Waals surface area contributed by atoms with Gasteiger partial charge in [-0.25, -0.2) is 4.98 Å². The number of para-hydroxylation sites is 2. The van der Waals surface area contributed by atoms with Crippen LogP contribution in [0.1, 0.15) is 38.9 Å². The molecule has 0 spiro atoms. The Morgan fingerprint density at radius 1 is 1.22 bits per heavy atom. The number of aromatic nitrogens is 2. The molecule has 2 aliphatic heterocycles. The zero-order valence-corrected chi connectivity index (χ0v) is 14.4. The fourth-order valence-corrected chi connectivity index (χ4v) is 4.37. The van der Waals surface area contributed by atoms with Gasteiger partial charge in [-0.05, 0) is 44.9 Å². The Kier molecular flexibility index (Phi) is 4.12. The van der Waals surface area contributed by atoms with Crippen LogP contribution < -0.4 is 0 Å². The van der Waals surface area contributed by atoms with E-state index in [1.165, 1.54) is 43.8 Å². The zero-order chi connectivity index (χ0) is 15.8. The lowest BCUT2D eigenvalue weighted by Gasteiger charge is -2.42. The second-order valence-electron chi connectivity index (χ2n) is 7.24. The van der Waals surface area contributed by atoms with Crippen molar-refractivity contribution in [1.29, 1.82) is 0 Å². The first-order valence-electron chi connectivity index (χ1n) is 9.18. The van der Waals surface area contributed by atoms with Gasteiger partial charge in [0.15, 0.2) is 0 Å². The molecule has 1 aromatic heterocycles. The van der Waals surface area contributed by atoms with Crippen molar-refractivity contribution in [1.82, 2.24) is 19.4 Å². The molecule has 2 atom stereocenters. The van der Waals surface area contributed by atoms with Crippen molar-refractivity contribution in [3.63, 3.8) is 0 Å². The van der Waals surface area contributed by atoms with Crippen LogP contribution in [-0.4, -0.2) is 51.1 Å². The van der Waals surface area contributed by atoms with Gasteiger partial charge in [-0.3, -0.25) is 9.80 Å². The predicted octanol–water partition coefficient (Wildman–Crippen LogP) is 3.11. The van der Waals surface area contributed by atoms with E-state index in [2.05, 4.69) is 52.5 Å². The molecule has 124 valence electrons. The minimum atomic E-state index is 0.624. The third kappa shape index (κ3) is 2.79. The van der Waals surface area contributed by atoms with Gasteiger partial charge < -0.3 is 4.57 Å². The summed E-state index contributed by atoms with van der Waals surface area (Å²) in [5.74, 6) is 1.24. The Balaban J connectivity index is 1.60. The molecular weight excluding hydrogens is 284 g/mol. The number of rotatable bonds is 4. The lowest BCUT2D eigenvalue weighted by atomic mass is 10.1. The largest absolute Gasteiger partial charge is 0.327 e. The highest BCUT2D eigenvalue weighted by atomic mass is 15.3. The van der Waals surface area contributed by atoms with E-state index >= 15 is 0 Å². The summed E-state index contributed by atoms with van der Waals surface area (Å²) in [7, 11) is 0. The molecule has 4 heteroatoms. The van der Waals surface area contributed by atoms with Crippen LogP contribution in [0.4, 0.5) is 0 Å². The van der Waals surface area contributed by atoms with Crippen molar-refractivity contribution >= 4 is 11.0 Å². The Morgan fingerprint density at radius 3 is 2.96 bits per heavy atom. The van der Waals surface area contributed by atoms with Crippen LogP contribution >= 0.6 is 0 Å². The van der Waals surface area contributed by atoms with E-state index in [-0.39, 0.29) is 0 Å². The van der Waals surface area contributed by atoms with Gasteiger partial charge in [-0.15, -0.1) is 0 Å². The maximum atomic E-state index is 4.95.